The standard InChI is InChI=1S/C18H16ClIN2/c1-13(2)16(14-9-5-3-6-10-14)21-18(19)22-17(20)15-11-7-4-8-12-15/h3-12H,1-2H3. The molecule has 2 aromatic rings. The summed E-state index contributed by atoms with van der Waals surface area (Å²) >= 11 is 8.41. The van der Waals surface area contributed by atoms with Gasteiger partial charge in [-0.25, -0.2) is 9.98 Å². The SMILES string of the molecule is CC(C)=C(N=C(Cl)N=C(I)c1ccccc1)c1ccccc1. The topological polar surface area (TPSA) is 24.7 Å². The maximum absolute atomic E-state index is 6.24. The number of nitrogens with zero attached hydrogens (tertiary/aromatic N) is 2. The van der Waals surface area contributed by atoms with Crippen molar-refractivity contribution in [1.29, 1.82) is 0 Å². The molecule has 0 spiro atoms. The van der Waals surface area contributed by atoms with Crippen molar-refractivity contribution < 1.29 is 0 Å². The van der Waals surface area contributed by atoms with Crippen molar-refractivity contribution in [2.75, 3.05) is 0 Å². The highest BCUT2D eigenvalue weighted by Crippen LogP contribution is 2.21. The van der Waals surface area contributed by atoms with Crippen molar-refractivity contribution in [3.8, 4) is 0 Å². The van der Waals surface area contributed by atoms with E-state index in [1.54, 1.807) is 0 Å². The fourth-order valence-corrected chi connectivity index (χ4v) is 2.80. The molecule has 0 amide bonds. The molecule has 0 aliphatic heterocycles. The predicted molar refractivity (Wildman–Crippen MR) is 105 cm³/mol. The molecule has 0 N–H and O–H groups in total. The van der Waals surface area contributed by atoms with E-state index in [9.17, 15) is 0 Å². The molecule has 22 heavy (non-hydrogen) atoms. The summed E-state index contributed by atoms with van der Waals surface area (Å²) in [6, 6.07) is 19.9. The van der Waals surface area contributed by atoms with Crippen LogP contribution in [0, 0.1) is 0 Å². The summed E-state index contributed by atoms with van der Waals surface area (Å²) in [5.41, 5.74) is 4.00. The highest BCUT2D eigenvalue weighted by atomic mass is 127. The molecule has 0 atom stereocenters. The van der Waals surface area contributed by atoms with Gasteiger partial charge in [0, 0.05) is 11.1 Å². The molecule has 0 fully saturated rings. The second-order valence-corrected chi connectivity index (χ2v) is 6.22. The Bertz CT molecular complexity index is 715. The van der Waals surface area contributed by atoms with Gasteiger partial charge < -0.3 is 0 Å². The van der Waals surface area contributed by atoms with Crippen molar-refractivity contribution in [2.45, 2.75) is 13.8 Å². The Kier molecular flexibility index (Phi) is 6.34. The number of rotatable bonds is 3. The Balaban J connectivity index is 2.33. The molecular weight excluding hydrogens is 407 g/mol. The summed E-state index contributed by atoms with van der Waals surface area (Å²) in [6.07, 6.45) is 0. The first-order valence-electron chi connectivity index (χ1n) is 6.84. The van der Waals surface area contributed by atoms with Gasteiger partial charge in [0.05, 0.1) is 5.70 Å². The van der Waals surface area contributed by atoms with Gasteiger partial charge in [0.2, 0.25) is 5.29 Å². The average molecular weight is 423 g/mol. The minimum atomic E-state index is 0.230. The lowest BCUT2D eigenvalue weighted by Gasteiger charge is -2.05. The lowest BCUT2D eigenvalue weighted by molar-refractivity contribution is 1.33. The van der Waals surface area contributed by atoms with Crippen LogP contribution in [-0.4, -0.2) is 9.01 Å². The van der Waals surface area contributed by atoms with Crippen LogP contribution in [0.3, 0.4) is 0 Å². The van der Waals surface area contributed by atoms with Gasteiger partial charge in [0.25, 0.3) is 0 Å². The smallest absolute Gasteiger partial charge is 0.218 e. The summed E-state index contributed by atoms with van der Waals surface area (Å²) < 4.78 is 0.813. The van der Waals surface area contributed by atoms with Crippen molar-refractivity contribution in [1.82, 2.24) is 0 Å². The number of hydrogen-bond donors (Lipinski definition) is 0. The van der Waals surface area contributed by atoms with Crippen LogP contribution >= 0.6 is 34.2 Å². The second-order valence-electron chi connectivity index (χ2n) is 4.86. The third-order valence-corrected chi connectivity index (χ3v) is 3.96. The molecule has 0 aromatic heterocycles. The van der Waals surface area contributed by atoms with Crippen LogP contribution in [-0.2, 0) is 0 Å². The van der Waals surface area contributed by atoms with Gasteiger partial charge in [-0.15, -0.1) is 0 Å². The molecule has 0 unspecified atom stereocenters. The molecule has 112 valence electrons. The van der Waals surface area contributed by atoms with E-state index in [1.807, 2.05) is 74.5 Å². The summed E-state index contributed by atoms with van der Waals surface area (Å²) in [5.74, 6) is 0. The van der Waals surface area contributed by atoms with E-state index in [-0.39, 0.29) is 5.29 Å². The quantitative estimate of drug-likeness (QED) is 0.254. The van der Waals surface area contributed by atoms with Gasteiger partial charge in [0.15, 0.2) is 0 Å². The van der Waals surface area contributed by atoms with Gasteiger partial charge in [-0.05, 0) is 53.6 Å². The summed E-state index contributed by atoms with van der Waals surface area (Å²) in [6.45, 7) is 4.03. The molecule has 0 saturated heterocycles. The van der Waals surface area contributed by atoms with Gasteiger partial charge in [-0.3, -0.25) is 0 Å². The summed E-state index contributed by atoms with van der Waals surface area (Å²) in [5, 5.41) is 0.230. The van der Waals surface area contributed by atoms with E-state index < -0.39 is 0 Å². The zero-order chi connectivity index (χ0) is 15.9. The first kappa shape index (κ1) is 16.9. The highest BCUT2D eigenvalue weighted by molar-refractivity contribution is 14.1. The van der Waals surface area contributed by atoms with Crippen LogP contribution in [0.2, 0.25) is 0 Å². The molecular formula is C18H16ClIN2. The first-order valence-corrected chi connectivity index (χ1v) is 8.30. The van der Waals surface area contributed by atoms with Crippen LogP contribution in [0.25, 0.3) is 5.70 Å². The first-order chi connectivity index (χ1) is 10.6. The van der Waals surface area contributed by atoms with Crippen LogP contribution in [0.15, 0.2) is 76.2 Å². The molecule has 0 aliphatic rings. The normalized spacial score (nSPS) is 12.2. The van der Waals surface area contributed by atoms with Gasteiger partial charge in [-0.1, -0.05) is 60.7 Å². The predicted octanol–water partition coefficient (Wildman–Crippen LogP) is 5.91. The van der Waals surface area contributed by atoms with Crippen molar-refractivity contribution >= 4 is 48.9 Å². The Morgan fingerprint density at radius 2 is 1.32 bits per heavy atom. The van der Waals surface area contributed by atoms with E-state index in [1.165, 1.54) is 0 Å². The molecule has 0 radical (unpaired) electrons. The molecule has 4 heteroatoms. The molecule has 2 rings (SSSR count). The molecule has 0 bridgehead atoms. The Morgan fingerprint density at radius 1 is 0.818 bits per heavy atom. The van der Waals surface area contributed by atoms with Crippen molar-refractivity contribution in [3.05, 3.63) is 77.4 Å². The van der Waals surface area contributed by atoms with Gasteiger partial charge >= 0.3 is 0 Å². The van der Waals surface area contributed by atoms with E-state index >= 15 is 0 Å². The van der Waals surface area contributed by atoms with Crippen molar-refractivity contribution in [2.24, 2.45) is 9.98 Å². The highest BCUT2D eigenvalue weighted by Gasteiger charge is 2.05. The number of amidine groups is 1. The van der Waals surface area contributed by atoms with Crippen molar-refractivity contribution in [3.63, 3.8) is 0 Å². The van der Waals surface area contributed by atoms with E-state index in [0.717, 1.165) is 26.1 Å². The van der Waals surface area contributed by atoms with Crippen LogP contribution < -0.4 is 0 Å². The van der Waals surface area contributed by atoms with E-state index in [4.69, 9.17) is 11.6 Å². The minimum absolute atomic E-state index is 0.230. The minimum Gasteiger partial charge on any atom is -0.218 e. The van der Waals surface area contributed by atoms with Crippen LogP contribution in [0.5, 0.6) is 0 Å². The Hall–Kier alpha value is -1.46. The van der Waals surface area contributed by atoms with E-state index in [0.29, 0.717) is 0 Å². The summed E-state index contributed by atoms with van der Waals surface area (Å²) in [4.78, 5) is 8.86. The number of allylic oxidation sites excluding steroid dienone is 1. The summed E-state index contributed by atoms with van der Waals surface area (Å²) in [7, 11) is 0. The number of aliphatic imine (C=N–C) groups is 2. The van der Waals surface area contributed by atoms with Gasteiger partial charge in [-0.2, -0.15) is 0 Å². The number of halogens is 2. The molecule has 0 heterocycles. The molecule has 0 saturated carbocycles. The van der Waals surface area contributed by atoms with E-state index in [2.05, 4.69) is 32.6 Å². The largest absolute Gasteiger partial charge is 0.223 e. The molecule has 2 nitrogen and oxygen atoms in total. The fraction of sp³-hybridized carbons (Fsp3) is 0.111. The number of hydrogen-bond acceptors (Lipinski definition) is 1. The third-order valence-electron chi connectivity index (χ3n) is 2.93. The maximum atomic E-state index is 6.24. The zero-order valence-corrected chi connectivity index (χ0v) is 15.3. The second kappa shape index (κ2) is 8.25. The fourth-order valence-electron chi connectivity index (χ4n) is 1.90. The molecule has 0 aliphatic carbocycles. The number of benzene rings is 2. The van der Waals surface area contributed by atoms with Gasteiger partial charge in [0.1, 0.15) is 3.72 Å². The van der Waals surface area contributed by atoms with Crippen LogP contribution in [0.1, 0.15) is 25.0 Å². The maximum Gasteiger partial charge on any atom is 0.223 e. The molecule has 2 aromatic carbocycles. The van der Waals surface area contributed by atoms with Crippen LogP contribution in [0.4, 0.5) is 0 Å². The Labute approximate surface area is 149 Å². The lowest BCUT2D eigenvalue weighted by Crippen LogP contribution is -1.95. The monoisotopic (exact) mass is 422 g/mol. The lowest BCUT2D eigenvalue weighted by atomic mass is 10.1. The third kappa shape index (κ3) is 4.78. The average Bonchev–Trinajstić information content (AvgIpc) is 2.54. The zero-order valence-electron chi connectivity index (χ0n) is 12.4. The Morgan fingerprint density at radius 3 is 1.82 bits per heavy atom.